The summed E-state index contributed by atoms with van der Waals surface area (Å²) in [4.78, 5) is 3.31. The van der Waals surface area contributed by atoms with Crippen LogP contribution in [0.5, 0.6) is 0 Å². The van der Waals surface area contributed by atoms with Crippen LogP contribution in [0, 0.1) is 0 Å². The molecule has 96 valence electrons. The molecule has 0 amide bonds. The second-order valence-corrected chi connectivity index (χ2v) is 6.71. The summed E-state index contributed by atoms with van der Waals surface area (Å²) in [7, 11) is 2.01. The van der Waals surface area contributed by atoms with Gasteiger partial charge >= 0.3 is 0 Å². The average molecular weight is 347 g/mol. The highest BCUT2D eigenvalue weighted by molar-refractivity contribution is 9.10. The number of anilines is 1. The lowest BCUT2D eigenvalue weighted by atomic mass is 10.1. The van der Waals surface area contributed by atoms with Crippen LogP contribution in [-0.2, 0) is 13.2 Å². The standard InChI is InChI=1S/C13H13BrClNOS/c1-16(7-11-3-5-13(15)18-11)12-4-2-10(14)6-9(12)8-17/h2-6,17H,7-8H2,1H3. The predicted molar refractivity (Wildman–Crippen MR) is 81.5 cm³/mol. The smallest absolute Gasteiger partial charge is 0.0931 e. The topological polar surface area (TPSA) is 23.5 Å². The Kier molecular flexibility index (Phi) is 4.67. The molecule has 0 fully saturated rings. The van der Waals surface area contributed by atoms with Gasteiger partial charge in [-0.2, -0.15) is 0 Å². The summed E-state index contributed by atoms with van der Waals surface area (Å²) in [5.41, 5.74) is 1.94. The molecule has 0 spiro atoms. The minimum atomic E-state index is 0.0321. The van der Waals surface area contributed by atoms with Crippen LogP contribution in [0.25, 0.3) is 0 Å². The van der Waals surface area contributed by atoms with Crippen molar-refractivity contribution in [2.75, 3.05) is 11.9 Å². The van der Waals surface area contributed by atoms with Crippen molar-refractivity contribution in [3.05, 3.63) is 49.6 Å². The molecule has 0 atom stereocenters. The third kappa shape index (κ3) is 3.26. The Morgan fingerprint density at radius 3 is 2.72 bits per heavy atom. The molecule has 2 rings (SSSR count). The zero-order valence-electron chi connectivity index (χ0n) is 9.86. The number of thiophene rings is 1. The van der Waals surface area contributed by atoms with E-state index in [1.54, 1.807) is 11.3 Å². The van der Waals surface area contributed by atoms with Gasteiger partial charge in [-0.3, -0.25) is 0 Å². The number of hydrogen-bond donors (Lipinski definition) is 1. The summed E-state index contributed by atoms with van der Waals surface area (Å²) >= 11 is 10.9. The molecule has 1 aromatic heterocycles. The number of nitrogens with zero attached hydrogens (tertiary/aromatic N) is 1. The van der Waals surface area contributed by atoms with Gasteiger partial charge in [0, 0.05) is 27.6 Å². The van der Waals surface area contributed by atoms with Gasteiger partial charge in [-0.05, 0) is 30.3 Å². The Balaban J connectivity index is 2.20. The molecular formula is C13H13BrClNOS. The molecule has 0 saturated heterocycles. The van der Waals surface area contributed by atoms with E-state index in [9.17, 15) is 5.11 Å². The molecule has 2 aromatic rings. The quantitative estimate of drug-likeness (QED) is 0.892. The Morgan fingerprint density at radius 2 is 2.11 bits per heavy atom. The summed E-state index contributed by atoms with van der Waals surface area (Å²) in [6, 6.07) is 9.86. The van der Waals surface area contributed by atoms with Crippen LogP contribution in [0.2, 0.25) is 4.34 Å². The van der Waals surface area contributed by atoms with E-state index in [1.807, 2.05) is 37.4 Å². The molecule has 18 heavy (non-hydrogen) atoms. The molecule has 0 aliphatic carbocycles. The number of aliphatic hydroxyl groups excluding tert-OH is 1. The highest BCUT2D eigenvalue weighted by atomic mass is 79.9. The fraction of sp³-hybridized carbons (Fsp3) is 0.231. The second-order valence-electron chi connectivity index (χ2n) is 3.99. The lowest BCUT2D eigenvalue weighted by Gasteiger charge is -2.21. The summed E-state index contributed by atoms with van der Waals surface area (Å²) < 4.78 is 1.78. The largest absolute Gasteiger partial charge is 0.392 e. The number of halogens is 2. The molecule has 0 aliphatic rings. The molecule has 1 heterocycles. The van der Waals surface area contributed by atoms with E-state index < -0.39 is 0 Å². The lowest BCUT2D eigenvalue weighted by molar-refractivity contribution is 0.282. The van der Waals surface area contributed by atoms with Crippen LogP contribution >= 0.6 is 38.9 Å². The molecular weight excluding hydrogens is 334 g/mol. The number of benzene rings is 1. The zero-order chi connectivity index (χ0) is 13.1. The fourth-order valence-corrected chi connectivity index (χ4v) is 3.36. The van der Waals surface area contributed by atoms with E-state index in [4.69, 9.17) is 11.6 Å². The molecule has 0 bridgehead atoms. The first-order valence-corrected chi connectivity index (χ1v) is 7.43. The first-order valence-electron chi connectivity index (χ1n) is 5.45. The van der Waals surface area contributed by atoms with E-state index in [2.05, 4.69) is 20.8 Å². The molecule has 1 aromatic carbocycles. The molecule has 0 saturated carbocycles. The average Bonchev–Trinajstić information content (AvgIpc) is 2.74. The van der Waals surface area contributed by atoms with Gasteiger partial charge in [-0.15, -0.1) is 11.3 Å². The Hall–Kier alpha value is -0.550. The maximum absolute atomic E-state index is 9.40. The van der Waals surface area contributed by atoms with Gasteiger partial charge in [0.2, 0.25) is 0 Å². The van der Waals surface area contributed by atoms with Gasteiger partial charge < -0.3 is 10.0 Å². The first-order chi connectivity index (χ1) is 8.60. The number of rotatable bonds is 4. The van der Waals surface area contributed by atoms with Crippen LogP contribution < -0.4 is 4.90 Å². The Bertz CT molecular complexity index is 544. The molecule has 0 aliphatic heterocycles. The molecule has 5 heteroatoms. The third-order valence-electron chi connectivity index (χ3n) is 2.64. The normalized spacial score (nSPS) is 10.7. The van der Waals surface area contributed by atoms with Gasteiger partial charge in [0.15, 0.2) is 0 Å². The summed E-state index contributed by atoms with van der Waals surface area (Å²) in [5.74, 6) is 0. The number of hydrogen-bond acceptors (Lipinski definition) is 3. The van der Waals surface area contributed by atoms with Crippen molar-refractivity contribution < 1.29 is 5.11 Å². The molecule has 0 radical (unpaired) electrons. The maximum atomic E-state index is 9.40. The summed E-state index contributed by atoms with van der Waals surface area (Å²) in [5, 5.41) is 9.40. The monoisotopic (exact) mass is 345 g/mol. The predicted octanol–water partition coefficient (Wildman–Crippen LogP) is 4.29. The highest BCUT2D eigenvalue weighted by Crippen LogP contribution is 2.27. The lowest BCUT2D eigenvalue weighted by Crippen LogP contribution is -2.17. The van der Waals surface area contributed by atoms with Crippen LogP contribution in [0.4, 0.5) is 5.69 Å². The Morgan fingerprint density at radius 1 is 1.33 bits per heavy atom. The van der Waals surface area contributed by atoms with E-state index in [1.165, 1.54) is 4.88 Å². The van der Waals surface area contributed by atoms with Crippen LogP contribution in [0.1, 0.15) is 10.4 Å². The third-order valence-corrected chi connectivity index (χ3v) is 4.35. The van der Waals surface area contributed by atoms with Crippen molar-refractivity contribution in [1.29, 1.82) is 0 Å². The van der Waals surface area contributed by atoms with E-state index in [0.717, 1.165) is 26.6 Å². The Labute approximate surface area is 124 Å². The van der Waals surface area contributed by atoms with Crippen LogP contribution in [-0.4, -0.2) is 12.2 Å². The second kappa shape index (κ2) is 6.06. The first kappa shape index (κ1) is 13.9. The fourth-order valence-electron chi connectivity index (χ4n) is 1.81. The molecule has 2 nitrogen and oxygen atoms in total. The van der Waals surface area contributed by atoms with Crippen LogP contribution in [0.15, 0.2) is 34.8 Å². The minimum Gasteiger partial charge on any atom is -0.392 e. The van der Waals surface area contributed by atoms with Crippen molar-refractivity contribution in [1.82, 2.24) is 0 Å². The van der Waals surface area contributed by atoms with Crippen molar-refractivity contribution in [2.45, 2.75) is 13.2 Å². The summed E-state index contributed by atoms with van der Waals surface area (Å²) in [6.07, 6.45) is 0. The van der Waals surface area contributed by atoms with E-state index >= 15 is 0 Å². The minimum absolute atomic E-state index is 0.0321. The van der Waals surface area contributed by atoms with Crippen molar-refractivity contribution >= 4 is 44.6 Å². The van der Waals surface area contributed by atoms with Crippen LogP contribution in [0.3, 0.4) is 0 Å². The van der Waals surface area contributed by atoms with Gasteiger partial charge in [0.05, 0.1) is 17.5 Å². The molecule has 0 unspecified atom stereocenters. The molecule has 1 N–H and O–H groups in total. The van der Waals surface area contributed by atoms with Gasteiger partial charge in [0.25, 0.3) is 0 Å². The summed E-state index contributed by atoms with van der Waals surface area (Å²) in [6.45, 7) is 0.816. The van der Waals surface area contributed by atoms with Gasteiger partial charge in [0.1, 0.15) is 0 Å². The maximum Gasteiger partial charge on any atom is 0.0931 e. The van der Waals surface area contributed by atoms with E-state index in [-0.39, 0.29) is 6.61 Å². The van der Waals surface area contributed by atoms with Crippen molar-refractivity contribution in [3.63, 3.8) is 0 Å². The zero-order valence-corrected chi connectivity index (χ0v) is 13.0. The van der Waals surface area contributed by atoms with Crippen molar-refractivity contribution in [2.24, 2.45) is 0 Å². The SMILES string of the molecule is CN(Cc1ccc(Cl)s1)c1ccc(Br)cc1CO. The van der Waals surface area contributed by atoms with Gasteiger partial charge in [-0.1, -0.05) is 27.5 Å². The number of aliphatic hydroxyl groups is 1. The van der Waals surface area contributed by atoms with Crippen molar-refractivity contribution in [3.8, 4) is 0 Å². The highest BCUT2D eigenvalue weighted by Gasteiger charge is 2.09. The van der Waals surface area contributed by atoms with E-state index in [0.29, 0.717) is 0 Å². The van der Waals surface area contributed by atoms with Gasteiger partial charge in [-0.25, -0.2) is 0 Å².